The monoisotopic (exact) mass is 348 g/mol. The number of rotatable bonds is 6. The number of hydrogen-bond donors (Lipinski definition) is 1. The third kappa shape index (κ3) is 4.78. The van der Waals surface area contributed by atoms with Gasteiger partial charge in [-0.1, -0.05) is 12.1 Å². The number of morpholine rings is 1. The summed E-state index contributed by atoms with van der Waals surface area (Å²) in [7, 11) is 0. The summed E-state index contributed by atoms with van der Waals surface area (Å²) in [5, 5.41) is 3.04. The molecular weight excluding hydrogens is 323 g/mol. The Balaban J connectivity index is 1.54. The Bertz CT molecular complexity index is 640. The number of benzene rings is 1. The highest BCUT2D eigenvalue weighted by molar-refractivity contribution is 5.84. The number of ether oxygens (including phenoxy) is 1. The Morgan fingerprint density at radius 2 is 2.00 bits per heavy atom. The molecule has 0 spiro atoms. The minimum absolute atomic E-state index is 0.000881. The van der Waals surface area contributed by atoms with Crippen molar-refractivity contribution in [2.75, 3.05) is 26.3 Å². The van der Waals surface area contributed by atoms with Gasteiger partial charge in [0.15, 0.2) is 0 Å². The Morgan fingerprint density at radius 3 is 2.64 bits per heavy atom. The molecule has 1 aliphatic carbocycles. The van der Waals surface area contributed by atoms with Crippen LogP contribution in [0.2, 0.25) is 0 Å². The maximum Gasteiger partial charge on any atom is 0.223 e. The van der Waals surface area contributed by atoms with Crippen LogP contribution in [-0.4, -0.2) is 43.0 Å². The molecule has 2 amide bonds. The molecule has 1 aromatic carbocycles. The van der Waals surface area contributed by atoms with Crippen molar-refractivity contribution in [1.82, 2.24) is 10.2 Å². The molecule has 1 unspecified atom stereocenters. The molecule has 0 bridgehead atoms. The molecular formula is C19H25FN2O3. The van der Waals surface area contributed by atoms with Crippen LogP contribution in [0.4, 0.5) is 4.39 Å². The number of nitrogens with zero attached hydrogens (tertiary/aromatic N) is 1. The zero-order valence-electron chi connectivity index (χ0n) is 14.6. The van der Waals surface area contributed by atoms with Crippen LogP contribution in [0.3, 0.4) is 0 Å². The van der Waals surface area contributed by atoms with E-state index in [2.05, 4.69) is 5.32 Å². The van der Waals surface area contributed by atoms with Crippen molar-refractivity contribution < 1.29 is 18.7 Å². The summed E-state index contributed by atoms with van der Waals surface area (Å²) in [5.74, 6) is 0.0454. The Hall–Kier alpha value is -1.95. The second kappa shape index (κ2) is 7.95. The first-order valence-corrected chi connectivity index (χ1v) is 8.95. The first kappa shape index (κ1) is 17.9. The largest absolute Gasteiger partial charge is 0.378 e. The fourth-order valence-corrected chi connectivity index (χ4v) is 3.20. The number of amides is 2. The molecule has 25 heavy (non-hydrogen) atoms. The van der Waals surface area contributed by atoms with Crippen LogP contribution in [0.1, 0.15) is 42.9 Å². The summed E-state index contributed by atoms with van der Waals surface area (Å²) in [6.07, 6.45) is 2.52. The number of hydrogen-bond acceptors (Lipinski definition) is 3. The highest BCUT2D eigenvalue weighted by Crippen LogP contribution is 2.41. The van der Waals surface area contributed by atoms with Gasteiger partial charge in [-0.2, -0.15) is 0 Å². The van der Waals surface area contributed by atoms with E-state index in [-0.39, 0.29) is 36.5 Å². The normalized spacial score (nSPS) is 18.7. The number of carbonyl (C=O) groups excluding carboxylic acids is 2. The van der Waals surface area contributed by atoms with Gasteiger partial charge in [0.05, 0.1) is 19.3 Å². The van der Waals surface area contributed by atoms with Crippen molar-refractivity contribution in [3.63, 3.8) is 0 Å². The van der Waals surface area contributed by atoms with Gasteiger partial charge < -0.3 is 15.0 Å². The van der Waals surface area contributed by atoms with E-state index in [1.807, 2.05) is 0 Å². The summed E-state index contributed by atoms with van der Waals surface area (Å²) in [6.45, 7) is 4.04. The molecule has 2 fully saturated rings. The molecule has 0 aromatic heterocycles. The van der Waals surface area contributed by atoms with E-state index in [0.29, 0.717) is 37.8 Å². The van der Waals surface area contributed by atoms with E-state index in [0.717, 1.165) is 18.4 Å². The van der Waals surface area contributed by atoms with Crippen LogP contribution >= 0.6 is 0 Å². The van der Waals surface area contributed by atoms with Crippen molar-refractivity contribution in [3.05, 3.63) is 35.1 Å². The van der Waals surface area contributed by atoms with E-state index in [1.165, 1.54) is 6.07 Å². The molecule has 6 heteroatoms. The maximum absolute atomic E-state index is 13.5. The van der Waals surface area contributed by atoms with Crippen LogP contribution in [0, 0.1) is 18.7 Å². The van der Waals surface area contributed by atoms with E-state index in [9.17, 15) is 14.0 Å². The number of nitrogens with one attached hydrogen (secondary N) is 1. The molecule has 1 atom stereocenters. The summed E-state index contributed by atoms with van der Waals surface area (Å²) < 4.78 is 18.7. The molecule has 1 saturated carbocycles. The van der Waals surface area contributed by atoms with E-state index < -0.39 is 0 Å². The van der Waals surface area contributed by atoms with Gasteiger partial charge in [-0.15, -0.1) is 0 Å². The van der Waals surface area contributed by atoms with E-state index >= 15 is 0 Å². The van der Waals surface area contributed by atoms with Crippen LogP contribution in [0.15, 0.2) is 18.2 Å². The number of aryl methyl sites for hydroxylation is 1. The zero-order chi connectivity index (χ0) is 17.8. The lowest BCUT2D eigenvalue weighted by atomic mass is 10.00. The predicted octanol–water partition coefficient (Wildman–Crippen LogP) is 2.34. The third-order valence-corrected chi connectivity index (χ3v) is 4.88. The SMILES string of the molecule is Cc1cc(C(NC(=O)CCC(=O)N2CCOCC2)C2CC2)ccc1F. The van der Waals surface area contributed by atoms with Crippen molar-refractivity contribution in [2.45, 2.75) is 38.6 Å². The van der Waals surface area contributed by atoms with Gasteiger partial charge in [-0.05, 0) is 42.9 Å². The summed E-state index contributed by atoms with van der Waals surface area (Å²) in [5.41, 5.74) is 1.52. The van der Waals surface area contributed by atoms with Crippen LogP contribution in [0.5, 0.6) is 0 Å². The first-order valence-electron chi connectivity index (χ1n) is 8.95. The minimum atomic E-state index is -0.235. The lowest BCUT2D eigenvalue weighted by molar-refractivity contribution is -0.137. The Labute approximate surface area is 147 Å². The summed E-state index contributed by atoms with van der Waals surface area (Å²) >= 11 is 0. The molecule has 1 aliphatic heterocycles. The number of halogens is 1. The highest BCUT2D eigenvalue weighted by Gasteiger charge is 2.33. The molecule has 1 aromatic rings. The van der Waals surface area contributed by atoms with Crippen molar-refractivity contribution >= 4 is 11.8 Å². The van der Waals surface area contributed by atoms with Gasteiger partial charge >= 0.3 is 0 Å². The smallest absolute Gasteiger partial charge is 0.223 e. The molecule has 3 rings (SSSR count). The average molecular weight is 348 g/mol. The lowest BCUT2D eigenvalue weighted by Crippen LogP contribution is -2.41. The molecule has 0 radical (unpaired) electrons. The van der Waals surface area contributed by atoms with E-state index in [1.54, 1.807) is 24.0 Å². The predicted molar refractivity (Wildman–Crippen MR) is 91.4 cm³/mol. The van der Waals surface area contributed by atoms with Crippen molar-refractivity contribution in [3.8, 4) is 0 Å². The van der Waals surface area contributed by atoms with Gasteiger partial charge in [0.2, 0.25) is 11.8 Å². The van der Waals surface area contributed by atoms with Crippen LogP contribution in [-0.2, 0) is 14.3 Å². The summed E-state index contributed by atoms with van der Waals surface area (Å²) in [4.78, 5) is 26.2. The first-order chi connectivity index (χ1) is 12.0. The van der Waals surface area contributed by atoms with E-state index in [4.69, 9.17) is 4.74 Å². The topological polar surface area (TPSA) is 58.6 Å². The fourth-order valence-electron chi connectivity index (χ4n) is 3.20. The standard InChI is InChI=1S/C19H25FN2O3/c1-13-12-15(4-5-16(13)20)19(14-2-3-14)21-17(23)6-7-18(24)22-8-10-25-11-9-22/h4-5,12,14,19H,2-3,6-11H2,1H3,(H,21,23). The van der Waals surface area contributed by atoms with Gasteiger partial charge in [-0.25, -0.2) is 4.39 Å². The Kier molecular flexibility index (Phi) is 5.68. The molecule has 1 heterocycles. The number of carbonyl (C=O) groups is 2. The van der Waals surface area contributed by atoms with Crippen molar-refractivity contribution in [2.24, 2.45) is 5.92 Å². The quantitative estimate of drug-likeness (QED) is 0.858. The zero-order valence-corrected chi connectivity index (χ0v) is 14.6. The molecule has 5 nitrogen and oxygen atoms in total. The highest BCUT2D eigenvalue weighted by atomic mass is 19.1. The van der Waals surface area contributed by atoms with Crippen LogP contribution in [0.25, 0.3) is 0 Å². The van der Waals surface area contributed by atoms with Gasteiger partial charge in [0.25, 0.3) is 0 Å². The molecule has 1 saturated heterocycles. The van der Waals surface area contributed by atoms with Crippen molar-refractivity contribution in [1.29, 1.82) is 0 Å². The third-order valence-electron chi connectivity index (χ3n) is 4.88. The van der Waals surface area contributed by atoms with Gasteiger partial charge in [-0.3, -0.25) is 9.59 Å². The lowest BCUT2D eigenvalue weighted by Gasteiger charge is -2.27. The maximum atomic E-state index is 13.5. The average Bonchev–Trinajstić information content (AvgIpc) is 3.46. The summed E-state index contributed by atoms with van der Waals surface area (Å²) in [6, 6.07) is 4.90. The van der Waals surface area contributed by atoms with Gasteiger partial charge in [0.1, 0.15) is 5.82 Å². The van der Waals surface area contributed by atoms with Gasteiger partial charge in [0, 0.05) is 25.9 Å². The fraction of sp³-hybridized carbons (Fsp3) is 0.579. The molecule has 136 valence electrons. The van der Waals surface area contributed by atoms with Crippen LogP contribution < -0.4 is 5.32 Å². The molecule has 1 N–H and O–H groups in total. The minimum Gasteiger partial charge on any atom is -0.378 e. The second-order valence-corrected chi connectivity index (χ2v) is 6.88. The molecule has 2 aliphatic rings. The Morgan fingerprint density at radius 1 is 1.28 bits per heavy atom. The second-order valence-electron chi connectivity index (χ2n) is 6.88.